The van der Waals surface area contributed by atoms with Gasteiger partial charge in [-0.25, -0.2) is 4.79 Å². The van der Waals surface area contributed by atoms with Crippen molar-refractivity contribution in [2.24, 2.45) is 11.8 Å². The predicted octanol–water partition coefficient (Wildman–Crippen LogP) is 2.41. The molecule has 3 atom stereocenters. The number of nitrogens with zero attached hydrogens (tertiary/aromatic N) is 3. The van der Waals surface area contributed by atoms with Crippen LogP contribution in [0.25, 0.3) is 10.7 Å². The molecule has 3 heterocycles. The van der Waals surface area contributed by atoms with Gasteiger partial charge in [-0.2, -0.15) is 4.98 Å². The molecule has 142 valence electrons. The van der Waals surface area contributed by atoms with E-state index in [2.05, 4.69) is 10.1 Å². The van der Waals surface area contributed by atoms with E-state index in [1.807, 2.05) is 17.5 Å². The third-order valence-corrected chi connectivity index (χ3v) is 6.02. The molecule has 3 unspecified atom stereocenters. The van der Waals surface area contributed by atoms with E-state index in [0.717, 1.165) is 22.6 Å². The van der Waals surface area contributed by atoms with Crippen molar-refractivity contribution in [2.45, 2.75) is 45.3 Å². The molecule has 1 saturated heterocycles. The van der Waals surface area contributed by atoms with Gasteiger partial charge in [-0.05, 0) is 31.2 Å². The zero-order chi connectivity index (χ0) is 19.0. The fourth-order valence-electron chi connectivity index (χ4n) is 3.75. The SMILES string of the molecule is CC(C(=O)OCc1nc(-c2cccs2)no1)N1C(=O)C2CCCCC2C1=O. The molecule has 0 aromatic carbocycles. The average molecular weight is 389 g/mol. The zero-order valence-electron chi connectivity index (χ0n) is 14.8. The van der Waals surface area contributed by atoms with E-state index < -0.39 is 12.0 Å². The van der Waals surface area contributed by atoms with Crippen molar-refractivity contribution >= 4 is 29.1 Å². The Morgan fingerprint density at radius 1 is 1.33 bits per heavy atom. The van der Waals surface area contributed by atoms with Crippen molar-refractivity contribution in [3.63, 3.8) is 0 Å². The van der Waals surface area contributed by atoms with Crippen molar-refractivity contribution in [1.82, 2.24) is 15.0 Å². The number of hydrogen-bond donors (Lipinski definition) is 0. The summed E-state index contributed by atoms with van der Waals surface area (Å²) in [7, 11) is 0. The first-order valence-corrected chi connectivity index (χ1v) is 9.84. The summed E-state index contributed by atoms with van der Waals surface area (Å²) < 4.78 is 10.3. The fraction of sp³-hybridized carbons (Fsp3) is 0.500. The molecule has 4 rings (SSSR count). The lowest BCUT2D eigenvalue weighted by Gasteiger charge is -2.21. The van der Waals surface area contributed by atoms with Crippen LogP contribution in [-0.4, -0.2) is 38.9 Å². The van der Waals surface area contributed by atoms with Gasteiger partial charge in [-0.3, -0.25) is 14.5 Å². The molecule has 1 aliphatic carbocycles. The third kappa shape index (κ3) is 3.27. The van der Waals surface area contributed by atoms with Crippen LogP contribution in [0.5, 0.6) is 0 Å². The number of amides is 2. The Morgan fingerprint density at radius 2 is 2.04 bits per heavy atom. The van der Waals surface area contributed by atoms with Crippen LogP contribution in [0.15, 0.2) is 22.0 Å². The van der Waals surface area contributed by atoms with Crippen LogP contribution in [0.1, 0.15) is 38.5 Å². The van der Waals surface area contributed by atoms with Crippen LogP contribution in [0.3, 0.4) is 0 Å². The summed E-state index contributed by atoms with van der Waals surface area (Å²) in [6.07, 6.45) is 3.30. The molecule has 0 radical (unpaired) electrons. The van der Waals surface area contributed by atoms with E-state index in [4.69, 9.17) is 9.26 Å². The highest BCUT2D eigenvalue weighted by Crippen LogP contribution is 2.38. The molecule has 1 aliphatic heterocycles. The number of thiophene rings is 1. The number of imide groups is 1. The summed E-state index contributed by atoms with van der Waals surface area (Å²) in [5.41, 5.74) is 0. The minimum Gasteiger partial charge on any atom is -0.454 e. The van der Waals surface area contributed by atoms with Crippen molar-refractivity contribution in [3.05, 3.63) is 23.4 Å². The number of likely N-dealkylation sites (tertiary alicyclic amines) is 1. The van der Waals surface area contributed by atoms with Gasteiger partial charge in [-0.1, -0.05) is 24.1 Å². The van der Waals surface area contributed by atoms with Crippen LogP contribution >= 0.6 is 11.3 Å². The van der Waals surface area contributed by atoms with E-state index in [9.17, 15) is 14.4 Å². The summed E-state index contributed by atoms with van der Waals surface area (Å²) in [5, 5.41) is 5.74. The first-order chi connectivity index (χ1) is 13.1. The molecule has 27 heavy (non-hydrogen) atoms. The number of esters is 1. The molecule has 0 bridgehead atoms. The van der Waals surface area contributed by atoms with E-state index in [1.165, 1.54) is 18.3 Å². The van der Waals surface area contributed by atoms with E-state index in [1.54, 1.807) is 0 Å². The van der Waals surface area contributed by atoms with Gasteiger partial charge in [0.15, 0.2) is 6.61 Å². The Kier molecular flexibility index (Phi) is 4.77. The Hall–Kier alpha value is -2.55. The number of aromatic nitrogens is 2. The highest BCUT2D eigenvalue weighted by atomic mass is 32.1. The van der Waals surface area contributed by atoms with Crippen LogP contribution in [0, 0.1) is 11.8 Å². The van der Waals surface area contributed by atoms with E-state index in [-0.39, 0.29) is 36.1 Å². The van der Waals surface area contributed by atoms with Gasteiger partial charge >= 0.3 is 5.97 Å². The molecule has 2 aromatic heterocycles. The number of fused-ring (bicyclic) bond motifs is 1. The molecule has 0 N–H and O–H groups in total. The maximum atomic E-state index is 12.6. The Morgan fingerprint density at radius 3 is 2.67 bits per heavy atom. The van der Waals surface area contributed by atoms with Crippen molar-refractivity contribution in [3.8, 4) is 10.7 Å². The standard InChI is InChI=1S/C18H19N3O5S/c1-10(21-16(22)11-5-2-3-6-12(11)17(21)23)18(24)25-9-14-19-15(20-26-14)13-7-4-8-27-13/h4,7-8,10-12H,2-3,5-6,9H2,1H3. The van der Waals surface area contributed by atoms with Gasteiger partial charge in [0, 0.05) is 0 Å². The summed E-state index contributed by atoms with van der Waals surface area (Å²) in [5.74, 6) is -1.16. The van der Waals surface area contributed by atoms with Gasteiger partial charge in [0.05, 0.1) is 16.7 Å². The highest BCUT2D eigenvalue weighted by Gasteiger charge is 2.51. The quantitative estimate of drug-likeness (QED) is 0.571. The highest BCUT2D eigenvalue weighted by molar-refractivity contribution is 7.13. The van der Waals surface area contributed by atoms with Crippen LogP contribution < -0.4 is 0 Å². The van der Waals surface area contributed by atoms with Crippen molar-refractivity contribution in [2.75, 3.05) is 0 Å². The van der Waals surface area contributed by atoms with Crippen LogP contribution in [0.4, 0.5) is 0 Å². The Bertz CT molecular complexity index is 838. The number of carbonyl (C=O) groups excluding carboxylic acids is 3. The topological polar surface area (TPSA) is 103 Å². The van der Waals surface area contributed by atoms with Gasteiger partial charge < -0.3 is 9.26 Å². The Labute approximate surface area is 159 Å². The second-order valence-corrected chi connectivity index (χ2v) is 7.76. The molecular formula is C18H19N3O5S. The summed E-state index contributed by atoms with van der Waals surface area (Å²) in [4.78, 5) is 43.6. The molecule has 2 amide bonds. The molecule has 2 aliphatic rings. The van der Waals surface area contributed by atoms with Crippen molar-refractivity contribution in [1.29, 1.82) is 0 Å². The normalized spacial score (nSPS) is 23.4. The minimum atomic E-state index is -0.963. The van der Waals surface area contributed by atoms with Crippen LogP contribution in [0.2, 0.25) is 0 Å². The molecular weight excluding hydrogens is 370 g/mol. The minimum absolute atomic E-state index is 0.159. The molecule has 2 aromatic rings. The third-order valence-electron chi connectivity index (χ3n) is 5.15. The Balaban J connectivity index is 1.38. The van der Waals surface area contributed by atoms with E-state index >= 15 is 0 Å². The van der Waals surface area contributed by atoms with Crippen LogP contribution in [-0.2, 0) is 25.7 Å². The molecule has 0 spiro atoms. The second kappa shape index (κ2) is 7.22. The largest absolute Gasteiger partial charge is 0.454 e. The van der Waals surface area contributed by atoms with Gasteiger partial charge in [0.1, 0.15) is 6.04 Å². The first-order valence-electron chi connectivity index (χ1n) is 8.96. The number of hydrogen-bond acceptors (Lipinski definition) is 8. The molecule has 8 nitrogen and oxygen atoms in total. The summed E-state index contributed by atoms with van der Waals surface area (Å²) >= 11 is 1.47. The second-order valence-electron chi connectivity index (χ2n) is 6.82. The van der Waals surface area contributed by atoms with E-state index in [0.29, 0.717) is 18.7 Å². The number of carbonyl (C=O) groups is 3. The molecule has 9 heteroatoms. The monoisotopic (exact) mass is 389 g/mol. The maximum absolute atomic E-state index is 12.6. The summed E-state index contributed by atoms with van der Waals surface area (Å²) in [6, 6.07) is 2.77. The zero-order valence-corrected chi connectivity index (χ0v) is 15.6. The lowest BCUT2D eigenvalue weighted by molar-refractivity contribution is -0.159. The smallest absolute Gasteiger partial charge is 0.329 e. The fourth-order valence-corrected chi connectivity index (χ4v) is 4.40. The van der Waals surface area contributed by atoms with Gasteiger partial charge in [0.2, 0.25) is 17.6 Å². The molecule has 1 saturated carbocycles. The molecule has 2 fully saturated rings. The maximum Gasteiger partial charge on any atom is 0.329 e. The average Bonchev–Trinajstić information content (AvgIpc) is 3.41. The lowest BCUT2D eigenvalue weighted by Crippen LogP contribution is -2.44. The van der Waals surface area contributed by atoms with Gasteiger partial charge in [-0.15, -0.1) is 11.3 Å². The number of ether oxygens (including phenoxy) is 1. The van der Waals surface area contributed by atoms with Gasteiger partial charge in [0.25, 0.3) is 5.89 Å². The summed E-state index contributed by atoms with van der Waals surface area (Å²) in [6.45, 7) is 1.31. The predicted molar refractivity (Wildman–Crippen MR) is 94.2 cm³/mol. The first kappa shape index (κ1) is 17.8. The van der Waals surface area contributed by atoms with Crippen molar-refractivity contribution < 1.29 is 23.6 Å². The number of rotatable bonds is 5. The lowest BCUT2D eigenvalue weighted by atomic mass is 9.81.